The molecule has 0 saturated heterocycles. The standard InChI is InChI=1S/C20H28N2O2/c1-4-22-18-11-6-5-9-15(18)16(19(22)20(23)24)12-21-17-10-7-8-13(2)14(17)3/h5-6,9,11,13-14,17,21H,4,7-8,10,12H2,1-3H3,(H,23,24)/t13-,14-,17+/m0/s1. The number of hydrogen-bond donors (Lipinski definition) is 2. The van der Waals surface area contributed by atoms with Gasteiger partial charge >= 0.3 is 5.97 Å². The molecule has 2 aromatic rings. The minimum absolute atomic E-state index is 0.433. The number of aromatic carboxylic acids is 1. The third-order valence-corrected chi connectivity index (χ3v) is 5.84. The number of rotatable bonds is 5. The Morgan fingerprint density at radius 2 is 2.04 bits per heavy atom. The number of carbonyl (C=O) groups is 1. The summed E-state index contributed by atoms with van der Waals surface area (Å²) in [4.78, 5) is 11.9. The van der Waals surface area contributed by atoms with Crippen LogP contribution in [0.25, 0.3) is 10.9 Å². The minimum Gasteiger partial charge on any atom is -0.477 e. The molecule has 0 bridgehead atoms. The van der Waals surface area contributed by atoms with Crippen molar-refractivity contribution < 1.29 is 9.90 Å². The summed E-state index contributed by atoms with van der Waals surface area (Å²) < 4.78 is 1.92. The summed E-state index contributed by atoms with van der Waals surface area (Å²) in [5, 5.41) is 14.5. The lowest BCUT2D eigenvalue weighted by Gasteiger charge is -2.34. The maximum atomic E-state index is 11.9. The van der Waals surface area contributed by atoms with Crippen molar-refractivity contribution in [2.24, 2.45) is 11.8 Å². The van der Waals surface area contributed by atoms with Crippen LogP contribution in [0.15, 0.2) is 24.3 Å². The van der Waals surface area contributed by atoms with Gasteiger partial charge in [0.1, 0.15) is 5.69 Å². The van der Waals surface area contributed by atoms with Gasteiger partial charge in [0, 0.05) is 35.6 Å². The van der Waals surface area contributed by atoms with Crippen LogP contribution < -0.4 is 5.32 Å². The van der Waals surface area contributed by atoms with Crippen molar-refractivity contribution >= 4 is 16.9 Å². The molecule has 2 N–H and O–H groups in total. The largest absolute Gasteiger partial charge is 0.477 e. The molecule has 0 spiro atoms. The first-order valence-electron chi connectivity index (χ1n) is 9.11. The summed E-state index contributed by atoms with van der Waals surface area (Å²) >= 11 is 0. The van der Waals surface area contributed by atoms with Gasteiger partial charge in [-0.05, 0) is 31.2 Å². The van der Waals surface area contributed by atoms with Gasteiger partial charge in [0.2, 0.25) is 0 Å². The number of carboxylic acid groups (broad SMARTS) is 1. The van der Waals surface area contributed by atoms with Gasteiger partial charge in [0.05, 0.1) is 0 Å². The fraction of sp³-hybridized carbons (Fsp3) is 0.550. The number of hydrogen-bond acceptors (Lipinski definition) is 2. The molecule has 1 aromatic carbocycles. The summed E-state index contributed by atoms with van der Waals surface area (Å²) in [5.41, 5.74) is 2.37. The van der Waals surface area contributed by atoms with E-state index in [9.17, 15) is 9.90 Å². The van der Waals surface area contributed by atoms with Gasteiger partial charge < -0.3 is 15.0 Å². The van der Waals surface area contributed by atoms with Crippen molar-refractivity contribution in [3.05, 3.63) is 35.5 Å². The van der Waals surface area contributed by atoms with E-state index < -0.39 is 5.97 Å². The van der Waals surface area contributed by atoms with E-state index >= 15 is 0 Å². The van der Waals surface area contributed by atoms with Crippen LogP contribution in [0.1, 0.15) is 56.1 Å². The van der Waals surface area contributed by atoms with Gasteiger partial charge in [-0.3, -0.25) is 0 Å². The Hall–Kier alpha value is -1.81. The molecule has 3 rings (SSSR count). The summed E-state index contributed by atoms with van der Waals surface area (Å²) in [7, 11) is 0. The first kappa shape index (κ1) is 17.0. The summed E-state index contributed by atoms with van der Waals surface area (Å²) in [6.07, 6.45) is 3.74. The molecule has 130 valence electrons. The molecule has 1 heterocycles. The normalized spacial score (nSPS) is 24.4. The van der Waals surface area contributed by atoms with E-state index in [0.29, 0.717) is 30.7 Å². The summed E-state index contributed by atoms with van der Waals surface area (Å²) in [5.74, 6) is 0.522. The number of para-hydroxylation sites is 1. The van der Waals surface area contributed by atoms with Crippen LogP contribution in [0, 0.1) is 11.8 Å². The Morgan fingerprint density at radius 3 is 2.75 bits per heavy atom. The van der Waals surface area contributed by atoms with Gasteiger partial charge in [-0.15, -0.1) is 0 Å². The molecule has 1 fully saturated rings. The van der Waals surface area contributed by atoms with E-state index in [1.807, 2.05) is 35.8 Å². The van der Waals surface area contributed by atoms with Crippen molar-refractivity contribution in [1.82, 2.24) is 9.88 Å². The average molecular weight is 328 g/mol. The fourth-order valence-corrected chi connectivity index (χ4v) is 4.23. The SMILES string of the molecule is CCn1c(C(=O)O)c(CN[C@@H]2CCC[C@H](C)[C@@H]2C)c2ccccc21. The van der Waals surface area contributed by atoms with Gasteiger partial charge in [-0.1, -0.05) is 44.9 Å². The molecular weight excluding hydrogens is 300 g/mol. The first-order chi connectivity index (χ1) is 11.5. The van der Waals surface area contributed by atoms with Crippen molar-refractivity contribution in [2.45, 2.75) is 59.2 Å². The molecule has 0 aliphatic heterocycles. The Bertz CT molecular complexity index is 735. The Balaban J connectivity index is 1.94. The van der Waals surface area contributed by atoms with Gasteiger partial charge in [-0.25, -0.2) is 4.79 Å². The number of nitrogens with zero attached hydrogens (tertiary/aromatic N) is 1. The maximum absolute atomic E-state index is 11.9. The molecule has 4 nitrogen and oxygen atoms in total. The number of benzene rings is 1. The Labute approximate surface area is 143 Å². The molecule has 0 unspecified atom stereocenters. The highest BCUT2D eigenvalue weighted by Gasteiger charge is 2.28. The summed E-state index contributed by atoms with van der Waals surface area (Å²) in [6, 6.07) is 8.49. The molecule has 24 heavy (non-hydrogen) atoms. The third kappa shape index (κ3) is 2.95. The van der Waals surface area contributed by atoms with Crippen LogP contribution in [0.5, 0.6) is 0 Å². The fourth-order valence-electron chi connectivity index (χ4n) is 4.23. The van der Waals surface area contributed by atoms with Crippen LogP contribution in [0.2, 0.25) is 0 Å². The molecule has 1 aliphatic carbocycles. The van der Waals surface area contributed by atoms with E-state index in [1.165, 1.54) is 19.3 Å². The summed E-state index contributed by atoms with van der Waals surface area (Å²) in [6.45, 7) is 7.93. The zero-order valence-electron chi connectivity index (χ0n) is 14.9. The van der Waals surface area contributed by atoms with E-state index in [0.717, 1.165) is 22.4 Å². The van der Waals surface area contributed by atoms with Gasteiger partial charge in [0.25, 0.3) is 0 Å². The van der Waals surface area contributed by atoms with Crippen molar-refractivity contribution in [2.75, 3.05) is 0 Å². The molecule has 1 saturated carbocycles. The van der Waals surface area contributed by atoms with Crippen LogP contribution in [-0.4, -0.2) is 21.7 Å². The number of nitrogens with one attached hydrogen (secondary N) is 1. The first-order valence-corrected chi connectivity index (χ1v) is 9.11. The average Bonchev–Trinajstić information content (AvgIpc) is 2.90. The number of aryl methyl sites for hydroxylation is 1. The van der Waals surface area contributed by atoms with E-state index in [-0.39, 0.29) is 0 Å². The lowest BCUT2D eigenvalue weighted by molar-refractivity contribution is 0.0684. The highest BCUT2D eigenvalue weighted by molar-refractivity contribution is 5.98. The molecule has 1 aliphatic rings. The number of fused-ring (bicyclic) bond motifs is 1. The van der Waals surface area contributed by atoms with Crippen molar-refractivity contribution in [1.29, 1.82) is 0 Å². The molecular formula is C20H28N2O2. The zero-order chi connectivity index (χ0) is 17.3. The Kier molecular flexibility index (Phi) is 4.95. The maximum Gasteiger partial charge on any atom is 0.352 e. The molecule has 4 heteroatoms. The highest BCUT2D eigenvalue weighted by Crippen LogP contribution is 2.31. The van der Waals surface area contributed by atoms with Crippen LogP contribution in [0.3, 0.4) is 0 Å². The third-order valence-electron chi connectivity index (χ3n) is 5.84. The Morgan fingerprint density at radius 1 is 1.29 bits per heavy atom. The van der Waals surface area contributed by atoms with E-state index in [1.54, 1.807) is 0 Å². The second kappa shape index (κ2) is 6.98. The van der Waals surface area contributed by atoms with Crippen molar-refractivity contribution in [3.63, 3.8) is 0 Å². The quantitative estimate of drug-likeness (QED) is 0.861. The lowest BCUT2D eigenvalue weighted by Crippen LogP contribution is -2.40. The van der Waals surface area contributed by atoms with Gasteiger partial charge in [0.15, 0.2) is 0 Å². The van der Waals surface area contributed by atoms with Gasteiger partial charge in [-0.2, -0.15) is 0 Å². The van der Waals surface area contributed by atoms with Crippen LogP contribution >= 0.6 is 0 Å². The predicted molar refractivity (Wildman–Crippen MR) is 97.4 cm³/mol. The smallest absolute Gasteiger partial charge is 0.352 e. The lowest BCUT2D eigenvalue weighted by atomic mass is 9.78. The van der Waals surface area contributed by atoms with E-state index in [4.69, 9.17) is 0 Å². The number of carboxylic acids is 1. The van der Waals surface area contributed by atoms with E-state index in [2.05, 4.69) is 19.2 Å². The minimum atomic E-state index is -0.838. The highest BCUT2D eigenvalue weighted by atomic mass is 16.4. The molecule has 0 amide bonds. The second-order valence-electron chi connectivity index (χ2n) is 7.15. The molecule has 0 radical (unpaired) electrons. The van der Waals surface area contributed by atoms with Crippen LogP contribution in [0.4, 0.5) is 0 Å². The second-order valence-corrected chi connectivity index (χ2v) is 7.15. The van der Waals surface area contributed by atoms with Crippen molar-refractivity contribution in [3.8, 4) is 0 Å². The topological polar surface area (TPSA) is 54.3 Å². The molecule has 3 atom stereocenters. The monoisotopic (exact) mass is 328 g/mol. The number of aromatic nitrogens is 1. The predicted octanol–water partition coefficient (Wildman–Crippen LogP) is 4.27. The zero-order valence-corrected chi connectivity index (χ0v) is 14.9. The molecule has 1 aromatic heterocycles. The van der Waals surface area contributed by atoms with Crippen LogP contribution in [-0.2, 0) is 13.1 Å².